The van der Waals surface area contributed by atoms with E-state index >= 15 is 0 Å². The van der Waals surface area contributed by atoms with Gasteiger partial charge in [0.05, 0.1) is 38.1 Å². The summed E-state index contributed by atoms with van der Waals surface area (Å²) in [7, 11) is 1.70. The second-order valence-corrected chi connectivity index (χ2v) is 9.02. The van der Waals surface area contributed by atoms with Gasteiger partial charge < -0.3 is 24.3 Å². The summed E-state index contributed by atoms with van der Waals surface area (Å²) >= 11 is 5.86. The maximum absolute atomic E-state index is 5.86. The quantitative estimate of drug-likeness (QED) is 0.498. The van der Waals surface area contributed by atoms with Crippen molar-refractivity contribution < 1.29 is 9.47 Å². The molecule has 5 rings (SSSR count). The fraction of sp³-hybridized carbons (Fsp3) is 0.385. The predicted octanol–water partition coefficient (Wildman–Crippen LogP) is 3.58. The largest absolute Gasteiger partial charge is 0.497 e. The zero-order chi connectivity index (χ0) is 23.3. The Labute approximate surface area is 206 Å². The molecule has 0 saturated carbocycles. The van der Waals surface area contributed by atoms with Crippen LogP contribution in [0, 0.1) is 0 Å². The number of hydrogen-bond donors (Lipinski definition) is 1. The van der Waals surface area contributed by atoms with Crippen molar-refractivity contribution in [2.75, 3.05) is 46.5 Å². The molecule has 2 atom stereocenters. The molecule has 178 valence electrons. The summed E-state index contributed by atoms with van der Waals surface area (Å²) < 4.78 is 13.2. The smallest absolute Gasteiger partial charge is 0.170 e. The molecule has 0 radical (unpaired) electrons. The van der Waals surface area contributed by atoms with Crippen LogP contribution in [0.5, 0.6) is 5.75 Å². The summed E-state index contributed by atoms with van der Waals surface area (Å²) in [4.78, 5) is 9.48. The van der Waals surface area contributed by atoms with Gasteiger partial charge in [-0.25, -0.2) is 0 Å². The van der Waals surface area contributed by atoms with E-state index < -0.39 is 0 Å². The van der Waals surface area contributed by atoms with Crippen molar-refractivity contribution in [3.8, 4) is 11.4 Å². The molecule has 4 heterocycles. The number of thiocarbonyl (C=S) groups is 1. The molecule has 0 bridgehead atoms. The van der Waals surface area contributed by atoms with E-state index in [4.69, 9.17) is 21.7 Å². The van der Waals surface area contributed by atoms with Crippen molar-refractivity contribution >= 4 is 17.3 Å². The summed E-state index contributed by atoms with van der Waals surface area (Å²) in [5, 5.41) is 4.35. The molecule has 7 nitrogen and oxygen atoms in total. The minimum absolute atomic E-state index is 0.0216. The molecule has 0 spiro atoms. The lowest BCUT2D eigenvalue weighted by Crippen LogP contribution is -2.39. The van der Waals surface area contributed by atoms with Gasteiger partial charge in [0.2, 0.25) is 0 Å². The second kappa shape index (κ2) is 10.5. The third-order valence-electron chi connectivity index (χ3n) is 6.59. The SMILES string of the molecule is COc1cccc(-n2cccc2[C@H]2[C@@H](c3ccccn3)NC(=S)N2CCCN2CCOCC2)c1. The minimum Gasteiger partial charge on any atom is -0.497 e. The van der Waals surface area contributed by atoms with Crippen molar-refractivity contribution in [2.24, 2.45) is 0 Å². The third-order valence-corrected chi connectivity index (χ3v) is 6.94. The number of nitrogens with one attached hydrogen (secondary N) is 1. The molecule has 8 heteroatoms. The number of nitrogens with zero attached hydrogens (tertiary/aromatic N) is 4. The number of pyridine rings is 1. The van der Waals surface area contributed by atoms with Crippen LogP contribution in [-0.4, -0.2) is 71.0 Å². The maximum atomic E-state index is 5.86. The number of methoxy groups -OCH3 is 1. The maximum Gasteiger partial charge on any atom is 0.170 e. The molecule has 34 heavy (non-hydrogen) atoms. The molecule has 0 amide bonds. The normalized spacial score (nSPS) is 21.0. The van der Waals surface area contributed by atoms with Crippen LogP contribution >= 0.6 is 12.2 Å². The van der Waals surface area contributed by atoms with Crippen LogP contribution in [0.3, 0.4) is 0 Å². The van der Waals surface area contributed by atoms with Crippen molar-refractivity contribution in [3.63, 3.8) is 0 Å². The van der Waals surface area contributed by atoms with Gasteiger partial charge in [-0.1, -0.05) is 12.1 Å². The van der Waals surface area contributed by atoms with Gasteiger partial charge in [-0.05, 0) is 55.0 Å². The summed E-state index contributed by atoms with van der Waals surface area (Å²) in [6.07, 6.45) is 4.99. The van der Waals surface area contributed by atoms with Gasteiger partial charge in [0.25, 0.3) is 0 Å². The van der Waals surface area contributed by atoms with Gasteiger partial charge in [0, 0.05) is 56.0 Å². The second-order valence-electron chi connectivity index (χ2n) is 8.63. The molecule has 1 aromatic carbocycles. The Kier molecular flexibility index (Phi) is 7.08. The van der Waals surface area contributed by atoms with Crippen LogP contribution in [0.1, 0.15) is 29.9 Å². The van der Waals surface area contributed by atoms with E-state index in [1.54, 1.807) is 7.11 Å². The Morgan fingerprint density at radius 1 is 1.09 bits per heavy atom. The van der Waals surface area contributed by atoms with Crippen LogP contribution < -0.4 is 10.1 Å². The fourth-order valence-electron chi connectivity index (χ4n) is 4.89. The zero-order valence-electron chi connectivity index (χ0n) is 19.5. The van der Waals surface area contributed by atoms with Gasteiger partial charge in [0.1, 0.15) is 5.75 Å². The average Bonchev–Trinajstić information content (AvgIpc) is 3.50. The summed E-state index contributed by atoms with van der Waals surface area (Å²) in [5.74, 6) is 0.834. The Morgan fingerprint density at radius 2 is 1.97 bits per heavy atom. The van der Waals surface area contributed by atoms with Gasteiger partial charge in [-0.2, -0.15) is 0 Å². The predicted molar refractivity (Wildman–Crippen MR) is 136 cm³/mol. The average molecular weight is 478 g/mol. The first-order valence-corrected chi connectivity index (χ1v) is 12.3. The molecule has 0 aliphatic carbocycles. The number of rotatable bonds is 8. The van der Waals surface area contributed by atoms with Crippen LogP contribution in [-0.2, 0) is 4.74 Å². The van der Waals surface area contributed by atoms with Crippen LogP contribution in [0.4, 0.5) is 0 Å². The van der Waals surface area contributed by atoms with E-state index in [9.17, 15) is 0 Å². The number of aromatic nitrogens is 2. The molecule has 2 aromatic heterocycles. The molecule has 2 saturated heterocycles. The van der Waals surface area contributed by atoms with Crippen LogP contribution in [0.25, 0.3) is 5.69 Å². The molecule has 3 aromatic rings. The first kappa shape index (κ1) is 22.8. The van der Waals surface area contributed by atoms with Crippen LogP contribution in [0.15, 0.2) is 67.0 Å². The van der Waals surface area contributed by atoms with Gasteiger partial charge in [-0.3, -0.25) is 9.88 Å². The van der Waals surface area contributed by atoms with E-state index in [1.807, 2.05) is 30.5 Å². The van der Waals surface area contributed by atoms with Crippen molar-refractivity contribution in [1.82, 2.24) is 24.7 Å². The molecule has 2 aliphatic heterocycles. The lowest BCUT2D eigenvalue weighted by molar-refractivity contribution is 0.0365. The highest BCUT2D eigenvalue weighted by Crippen LogP contribution is 2.39. The first-order chi connectivity index (χ1) is 16.7. The Hall–Kier alpha value is -2.94. The molecule has 1 N–H and O–H groups in total. The van der Waals surface area contributed by atoms with Gasteiger partial charge >= 0.3 is 0 Å². The molecule has 2 aliphatic rings. The van der Waals surface area contributed by atoms with E-state index in [1.165, 1.54) is 5.69 Å². The third kappa shape index (κ3) is 4.80. The van der Waals surface area contributed by atoms with Crippen molar-refractivity contribution in [2.45, 2.75) is 18.5 Å². The fourth-order valence-corrected chi connectivity index (χ4v) is 5.22. The number of ether oxygens (including phenoxy) is 2. The highest BCUT2D eigenvalue weighted by Gasteiger charge is 2.41. The topological polar surface area (TPSA) is 54.8 Å². The highest BCUT2D eigenvalue weighted by atomic mass is 32.1. The summed E-state index contributed by atoms with van der Waals surface area (Å²) in [5.41, 5.74) is 3.22. The molecular formula is C26H31N5O2S. The van der Waals surface area contributed by atoms with E-state index in [0.717, 1.165) is 68.1 Å². The van der Waals surface area contributed by atoms with Crippen LogP contribution in [0.2, 0.25) is 0 Å². The summed E-state index contributed by atoms with van der Waals surface area (Å²) in [6.45, 7) is 5.56. The standard InChI is InChI=1S/C26H31N5O2S/c1-32-21-8-4-7-20(19-21)30-13-5-10-23(30)25-24(22-9-2-3-11-27-22)28-26(34)31(25)14-6-12-29-15-17-33-18-16-29/h2-5,7-11,13,19,24-25H,6,12,14-18H2,1H3,(H,28,34)/t24-,25+/m1/s1. The monoisotopic (exact) mass is 477 g/mol. The lowest BCUT2D eigenvalue weighted by Gasteiger charge is -2.31. The first-order valence-electron chi connectivity index (χ1n) is 11.8. The Balaban J connectivity index is 1.45. The molecular weight excluding hydrogens is 446 g/mol. The molecule has 0 unspecified atom stereocenters. The van der Waals surface area contributed by atoms with E-state index in [0.29, 0.717) is 0 Å². The zero-order valence-corrected chi connectivity index (χ0v) is 20.3. The molecule has 2 fully saturated rings. The number of morpholine rings is 1. The lowest BCUT2D eigenvalue weighted by atomic mass is 10.0. The van der Waals surface area contributed by atoms with E-state index in [-0.39, 0.29) is 12.1 Å². The van der Waals surface area contributed by atoms with Crippen molar-refractivity contribution in [3.05, 3.63) is 78.4 Å². The van der Waals surface area contributed by atoms with Gasteiger partial charge in [-0.15, -0.1) is 0 Å². The van der Waals surface area contributed by atoms with Gasteiger partial charge in [0.15, 0.2) is 5.11 Å². The Morgan fingerprint density at radius 3 is 2.76 bits per heavy atom. The Bertz CT molecular complexity index is 1100. The highest BCUT2D eigenvalue weighted by molar-refractivity contribution is 7.80. The minimum atomic E-state index is -0.0312. The van der Waals surface area contributed by atoms with Crippen molar-refractivity contribution in [1.29, 1.82) is 0 Å². The number of benzene rings is 1. The summed E-state index contributed by atoms with van der Waals surface area (Å²) in [6, 6.07) is 18.5. The number of hydrogen-bond acceptors (Lipinski definition) is 5. The van der Waals surface area contributed by atoms with E-state index in [2.05, 4.69) is 61.2 Å².